The molecule has 6 nitrogen and oxygen atoms in total. The van der Waals surface area contributed by atoms with E-state index in [2.05, 4.69) is 59.4 Å². The van der Waals surface area contributed by atoms with Gasteiger partial charge in [-0.2, -0.15) is 0 Å². The van der Waals surface area contributed by atoms with E-state index in [1.54, 1.807) is 7.11 Å². The molecule has 1 heterocycles. The monoisotopic (exact) mass is 542 g/mol. The van der Waals surface area contributed by atoms with E-state index in [4.69, 9.17) is 9.26 Å². The van der Waals surface area contributed by atoms with Gasteiger partial charge in [0.2, 0.25) is 5.91 Å². The minimum Gasteiger partial charge on any atom is -0.496 e. The zero-order valence-corrected chi connectivity index (χ0v) is 23.9. The lowest BCUT2D eigenvalue weighted by Gasteiger charge is -2.36. The van der Waals surface area contributed by atoms with E-state index >= 15 is 0 Å². The van der Waals surface area contributed by atoms with E-state index in [9.17, 15) is 9.90 Å². The van der Waals surface area contributed by atoms with Crippen LogP contribution in [0.5, 0.6) is 5.75 Å². The maximum Gasteiger partial charge on any atom is 0.230 e. The molecule has 212 valence electrons. The summed E-state index contributed by atoms with van der Waals surface area (Å²) in [4.78, 5) is 16.1. The van der Waals surface area contributed by atoms with Crippen LogP contribution in [0.15, 0.2) is 53.1 Å². The number of hydrogen-bond donors (Lipinski definition) is 1. The van der Waals surface area contributed by atoms with Crippen molar-refractivity contribution < 1.29 is 19.2 Å². The lowest BCUT2D eigenvalue weighted by molar-refractivity contribution is -0.124. The Morgan fingerprint density at radius 2 is 1.70 bits per heavy atom. The molecule has 0 bridgehead atoms. The van der Waals surface area contributed by atoms with Crippen molar-refractivity contribution in [2.75, 3.05) is 18.6 Å². The average molecular weight is 543 g/mol. The summed E-state index contributed by atoms with van der Waals surface area (Å²) < 4.78 is 11.1. The smallest absolute Gasteiger partial charge is 0.230 e. The molecule has 1 amide bonds. The first-order valence-electron chi connectivity index (χ1n) is 15.2. The number of aromatic nitrogens is 1. The van der Waals surface area contributed by atoms with E-state index in [1.165, 1.54) is 24.0 Å². The molecule has 6 rings (SSSR count). The molecule has 3 aliphatic rings. The van der Waals surface area contributed by atoms with Gasteiger partial charge in [0.05, 0.1) is 13.2 Å². The third-order valence-electron chi connectivity index (χ3n) is 9.45. The second-order valence-electron chi connectivity index (χ2n) is 12.3. The van der Waals surface area contributed by atoms with Crippen molar-refractivity contribution in [3.8, 4) is 17.0 Å². The number of carbonyl (C=O) groups excluding carboxylic acids is 1. The highest BCUT2D eigenvalue weighted by Crippen LogP contribution is 2.42. The van der Waals surface area contributed by atoms with E-state index < -0.39 is 0 Å². The largest absolute Gasteiger partial charge is 0.496 e. The molecule has 0 aliphatic heterocycles. The molecule has 1 aromatic heterocycles. The normalized spacial score (nSPS) is 25.0. The van der Waals surface area contributed by atoms with E-state index in [-0.39, 0.29) is 17.9 Å². The number of hydrogen-bond acceptors (Lipinski definition) is 5. The van der Waals surface area contributed by atoms with Gasteiger partial charge in [0.15, 0.2) is 0 Å². The van der Waals surface area contributed by atoms with Crippen molar-refractivity contribution in [3.63, 3.8) is 0 Å². The Balaban J connectivity index is 1.19. The summed E-state index contributed by atoms with van der Waals surface area (Å²) >= 11 is 0. The van der Waals surface area contributed by atoms with Crippen molar-refractivity contribution in [2.45, 2.75) is 89.1 Å². The predicted molar refractivity (Wildman–Crippen MR) is 157 cm³/mol. The van der Waals surface area contributed by atoms with Gasteiger partial charge in [0, 0.05) is 35.7 Å². The Morgan fingerprint density at radius 3 is 2.40 bits per heavy atom. The van der Waals surface area contributed by atoms with Crippen molar-refractivity contribution in [3.05, 3.63) is 65.4 Å². The predicted octanol–water partition coefficient (Wildman–Crippen LogP) is 7.39. The first-order chi connectivity index (χ1) is 19.5. The van der Waals surface area contributed by atoms with Crippen LogP contribution >= 0.6 is 0 Å². The average Bonchev–Trinajstić information content (AvgIpc) is 3.72. The van der Waals surface area contributed by atoms with Gasteiger partial charge in [0.25, 0.3) is 0 Å². The van der Waals surface area contributed by atoms with E-state index in [1.807, 2.05) is 6.07 Å². The van der Waals surface area contributed by atoms with E-state index in [0.717, 1.165) is 73.5 Å². The maximum absolute atomic E-state index is 14.0. The van der Waals surface area contributed by atoms with E-state index in [0.29, 0.717) is 30.6 Å². The third-order valence-corrected chi connectivity index (χ3v) is 9.45. The first kappa shape index (κ1) is 27.1. The summed E-state index contributed by atoms with van der Waals surface area (Å²) in [5, 5.41) is 14.4. The minimum atomic E-state index is -0.273. The van der Waals surface area contributed by atoms with Crippen molar-refractivity contribution >= 4 is 11.6 Å². The van der Waals surface area contributed by atoms with Crippen LogP contribution in [0.25, 0.3) is 11.3 Å². The summed E-state index contributed by atoms with van der Waals surface area (Å²) in [5.41, 5.74) is 5.36. The minimum absolute atomic E-state index is 0.0285. The Bertz CT molecular complexity index is 1310. The Morgan fingerprint density at radius 1 is 0.950 bits per heavy atom. The van der Waals surface area contributed by atoms with Crippen molar-refractivity contribution in [1.82, 2.24) is 5.16 Å². The molecule has 2 aromatic carbocycles. The standard InChI is InChI=1S/C34H42N2O4/c1-22-18-27(14-17-32(22)39-2)24-8-6-23(7-9-24)21-36(34(38)26-12-15-30(37)16-13-26)29-5-3-4-28(19-29)31-20-33(40-35-31)25-10-11-25/h3-5,14,17-20,23-26,30,37H,6-13,15-16,21H2,1-2H3. The van der Waals surface area contributed by atoms with Gasteiger partial charge in [-0.3, -0.25) is 4.79 Å². The summed E-state index contributed by atoms with van der Waals surface area (Å²) in [7, 11) is 1.72. The van der Waals surface area contributed by atoms with Crippen LogP contribution in [0, 0.1) is 18.8 Å². The zero-order valence-electron chi connectivity index (χ0n) is 23.9. The van der Waals surface area contributed by atoms with Gasteiger partial charge in [-0.25, -0.2) is 0 Å². The highest BCUT2D eigenvalue weighted by Gasteiger charge is 2.33. The number of aliphatic hydroxyl groups is 1. The van der Waals surface area contributed by atoms with Gasteiger partial charge in [-0.15, -0.1) is 0 Å². The van der Waals surface area contributed by atoms with Gasteiger partial charge in [-0.05, 0) is 112 Å². The van der Waals surface area contributed by atoms with Gasteiger partial charge < -0.3 is 19.3 Å². The van der Waals surface area contributed by atoms with Crippen LogP contribution in [-0.4, -0.2) is 35.9 Å². The number of carbonyl (C=O) groups is 1. The molecule has 3 saturated carbocycles. The quantitative estimate of drug-likeness (QED) is 0.321. The Kier molecular flexibility index (Phi) is 7.97. The second-order valence-corrected chi connectivity index (χ2v) is 12.3. The number of rotatable bonds is 8. The third kappa shape index (κ3) is 5.97. The number of nitrogens with zero attached hydrogens (tertiary/aromatic N) is 2. The molecule has 0 unspecified atom stereocenters. The summed E-state index contributed by atoms with van der Waals surface area (Å²) in [6, 6.07) is 16.9. The lowest BCUT2D eigenvalue weighted by atomic mass is 9.78. The molecule has 3 fully saturated rings. The number of anilines is 1. The molecule has 40 heavy (non-hydrogen) atoms. The van der Waals surface area contributed by atoms with Crippen LogP contribution in [0.1, 0.15) is 92.9 Å². The lowest BCUT2D eigenvalue weighted by Crippen LogP contribution is -2.41. The second kappa shape index (κ2) is 11.8. The molecule has 0 atom stereocenters. The van der Waals surface area contributed by atoms with Crippen LogP contribution < -0.4 is 9.64 Å². The molecule has 3 aliphatic carbocycles. The number of amides is 1. The number of ether oxygens (including phenoxy) is 1. The van der Waals surface area contributed by atoms with Gasteiger partial charge in [0.1, 0.15) is 17.2 Å². The fraction of sp³-hybridized carbons (Fsp3) is 0.529. The molecular formula is C34H42N2O4. The fourth-order valence-corrected chi connectivity index (χ4v) is 6.78. The topological polar surface area (TPSA) is 75.8 Å². The van der Waals surface area contributed by atoms with Gasteiger partial charge >= 0.3 is 0 Å². The fourth-order valence-electron chi connectivity index (χ4n) is 6.78. The summed E-state index contributed by atoms with van der Waals surface area (Å²) in [6.07, 6.45) is 9.49. The molecule has 1 N–H and O–H groups in total. The number of methoxy groups -OCH3 is 1. The summed E-state index contributed by atoms with van der Waals surface area (Å²) in [5.74, 6) is 3.62. The van der Waals surface area contributed by atoms with Crippen LogP contribution in [0.3, 0.4) is 0 Å². The summed E-state index contributed by atoms with van der Waals surface area (Å²) in [6.45, 7) is 2.85. The molecule has 0 spiro atoms. The number of aliphatic hydroxyl groups excluding tert-OH is 1. The van der Waals surface area contributed by atoms with Crippen LogP contribution in [0.4, 0.5) is 5.69 Å². The highest BCUT2D eigenvalue weighted by atomic mass is 16.5. The maximum atomic E-state index is 14.0. The SMILES string of the molecule is COc1ccc(C2CCC(CN(C(=O)C3CCC(O)CC3)c3cccc(-c4cc(C5CC5)on4)c3)CC2)cc1C. The first-order valence-corrected chi connectivity index (χ1v) is 15.2. The number of benzene rings is 2. The molecular weight excluding hydrogens is 500 g/mol. The van der Waals surface area contributed by atoms with Crippen molar-refractivity contribution in [2.24, 2.45) is 11.8 Å². The van der Waals surface area contributed by atoms with Crippen LogP contribution in [0.2, 0.25) is 0 Å². The molecule has 0 radical (unpaired) electrons. The molecule has 3 aromatic rings. The molecule has 6 heteroatoms. The Labute approximate surface area is 237 Å². The Hall–Kier alpha value is -3.12. The number of aryl methyl sites for hydroxylation is 1. The highest BCUT2D eigenvalue weighted by molar-refractivity contribution is 5.95. The van der Waals surface area contributed by atoms with Crippen LogP contribution in [-0.2, 0) is 4.79 Å². The zero-order chi connectivity index (χ0) is 27.6. The van der Waals surface area contributed by atoms with Crippen molar-refractivity contribution in [1.29, 1.82) is 0 Å². The molecule has 0 saturated heterocycles. The van der Waals surface area contributed by atoms with Gasteiger partial charge in [-0.1, -0.05) is 29.4 Å².